The Balaban J connectivity index is 1.31. The van der Waals surface area contributed by atoms with Gasteiger partial charge >= 0.3 is 35.8 Å². The van der Waals surface area contributed by atoms with Crippen molar-refractivity contribution in [3.63, 3.8) is 0 Å². The molecule has 79 heavy (non-hydrogen) atoms. The van der Waals surface area contributed by atoms with E-state index in [1.54, 1.807) is 0 Å². The van der Waals surface area contributed by atoms with E-state index >= 15 is 0 Å². The number of carbonyl (C=O) groups excluding carboxylic acids is 5. The summed E-state index contributed by atoms with van der Waals surface area (Å²) in [5.41, 5.74) is -13.3. The van der Waals surface area contributed by atoms with Gasteiger partial charge in [-0.2, -0.15) is 0 Å². The van der Waals surface area contributed by atoms with Gasteiger partial charge in [-0.3, -0.25) is 0 Å². The molecule has 0 fully saturated rings. The van der Waals surface area contributed by atoms with Crippen LogP contribution < -0.4 is 4.74 Å². The molecule has 6 aromatic rings. The van der Waals surface area contributed by atoms with Gasteiger partial charge in [-0.25, -0.2) is 28.8 Å². The predicted molar refractivity (Wildman–Crippen MR) is 244 cm³/mol. The third kappa shape index (κ3) is 8.04. The number of hydrogen-bond donors (Lipinski definition) is 19. The molecular weight excluding hydrogens is 1070 g/mol. The fourth-order valence-electron chi connectivity index (χ4n) is 8.78. The Morgan fingerprint density at radius 3 is 1.46 bits per heavy atom. The second-order valence-electron chi connectivity index (χ2n) is 17.1. The second kappa shape index (κ2) is 18.4. The zero-order chi connectivity index (χ0) is 57.9. The van der Waals surface area contributed by atoms with Gasteiger partial charge in [-0.1, -0.05) is 0 Å². The molecule has 10 rings (SSSR count). The summed E-state index contributed by atoms with van der Waals surface area (Å²) in [4.78, 5) is 84.6. The van der Waals surface area contributed by atoms with E-state index in [2.05, 4.69) is 0 Å². The molecular formula is C48H32O31. The lowest BCUT2D eigenvalue weighted by Crippen LogP contribution is -2.56. The number of aliphatic hydroxyl groups excluding tert-OH is 1. The van der Waals surface area contributed by atoms with Crippen LogP contribution in [0.1, 0.15) is 73.8 Å². The minimum absolute atomic E-state index is 0.241. The Kier molecular flexibility index (Phi) is 12.2. The number of phenolic OH excluding ortho intramolecular Hbond substituents is 17. The Bertz CT molecular complexity index is 3740. The molecule has 0 radical (unpaired) electrons. The number of aromatic carboxylic acids is 1. The molecule has 410 valence electrons. The van der Waals surface area contributed by atoms with Crippen molar-refractivity contribution in [1.82, 2.24) is 0 Å². The van der Waals surface area contributed by atoms with Crippen molar-refractivity contribution < 1.29 is 154 Å². The van der Waals surface area contributed by atoms with Crippen LogP contribution in [0.5, 0.6) is 109 Å². The average molecular weight is 1100 g/mol. The monoisotopic (exact) mass is 1100 g/mol. The highest BCUT2D eigenvalue weighted by Gasteiger charge is 2.54. The van der Waals surface area contributed by atoms with E-state index < -0.39 is 243 Å². The summed E-state index contributed by atoms with van der Waals surface area (Å²) in [5.74, 6) is -38.9. The molecule has 4 aliphatic heterocycles. The number of benzene rings is 6. The van der Waals surface area contributed by atoms with Gasteiger partial charge in [0.2, 0.25) is 34.5 Å². The number of fused-ring (bicyclic) bond motifs is 6. The number of hydrogen-bond acceptors (Lipinski definition) is 30. The molecule has 4 bridgehead atoms. The third-order valence-electron chi connectivity index (χ3n) is 12.5. The number of carbonyl (C=O) groups is 6. The van der Waals surface area contributed by atoms with Crippen LogP contribution in [0.4, 0.5) is 0 Å². The van der Waals surface area contributed by atoms with Crippen molar-refractivity contribution in [2.45, 2.75) is 30.5 Å². The van der Waals surface area contributed by atoms with E-state index in [9.17, 15) is 126 Å². The zero-order valence-corrected chi connectivity index (χ0v) is 38.5. The number of phenols is 17. The molecule has 0 amide bonds. The topological polar surface area (TPSA) is 542 Å². The van der Waals surface area contributed by atoms with Gasteiger partial charge in [0.25, 0.3) is 0 Å². The number of carboxylic acid groups (broad SMARTS) is 1. The molecule has 0 aliphatic carbocycles. The SMILES string of the molecule is O=C(O[C@@H]1COC(=O)c2cc(Oc3c(C(=O)O)cc(O)c(O)c3O)c(O)c(O)c2-c2c(cc(O)c(O)c2O)C(=O)O[C@H]1C1OC(=O)c2cc(O)c(O)c(O)c2-c2c(O)c(O)c(O)c3c2C(=O)O[C@H]1[C@H]3O)c1cc(O)c(O)c(O)c1. The number of aliphatic hydroxyl groups is 1. The fraction of sp³-hybridized carbons (Fsp3) is 0.125. The summed E-state index contributed by atoms with van der Waals surface area (Å²) in [6.07, 6.45) is -14.0. The first-order valence-electron chi connectivity index (χ1n) is 21.7. The molecule has 0 aromatic heterocycles. The minimum Gasteiger partial charge on any atom is -0.504 e. The normalized spacial score (nSPS) is 18.5. The van der Waals surface area contributed by atoms with E-state index in [0.717, 1.165) is 0 Å². The molecule has 4 aliphatic rings. The van der Waals surface area contributed by atoms with Crippen LogP contribution in [0, 0.1) is 0 Å². The maximum absolute atomic E-state index is 15.0. The molecule has 31 heteroatoms. The van der Waals surface area contributed by atoms with Gasteiger partial charge in [0, 0.05) is 39.9 Å². The predicted octanol–water partition coefficient (Wildman–Crippen LogP) is 2.24. The maximum Gasteiger partial charge on any atom is 0.339 e. The van der Waals surface area contributed by atoms with Gasteiger partial charge in [-0.05, 0) is 24.3 Å². The smallest absolute Gasteiger partial charge is 0.339 e. The summed E-state index contributed by atoms with van der Waals surface area (Å²) in [7, 11) is 0. The number of rotatable bonds is 6. The number of aromatic hydroxyl groups is 17. The third-order valence-corrected chi connectivity index (χ3v) is 12.5. The van der Waals surface area contributed by atoms with Crippen LogP contribution in [0.3, 0.4) is 0 Å². The van der Waals surface area contributed by atoms with Crippen LogP contribution in [-0.4, -0.2) is 164 Å². The average Bonchev–Trinajstić information content (AvgIpc) is 3.50. The van der Waals surface area contributed by atoms with Gasteiger partial charge < -0.3 is 125 Å². The van der Waals surface area contributed by atoms with Crippen molar-refractivity contribution in [2.75, 3.05) is 6.61 Å². The number of esters is 5. The van der Waals surface area contributed by atoms with Crippen LogP contribution in [0.25, 0.3) is 22.3 Å². The van der Waals surface area contributed by atoms with E-state index in [1.165, 1.54) is 0 Å². The zero-order valence-electron chi connectivity index (χ0n) is 38.5. The summed E-state index contributed by atoms with van der Waals surface area (Å²) in [5, 5.41) is 205. The summed E-state index contributed by atoms with van der Waals surface area (Å²) in [6, 6.07) is 2.15. The van der Waals surface area contributed by atoms with Gasteiger partial charge in [0.1, 0.15) is 18.3 Å². The molecule has 4 heterocycles. The van der Waals surface area contributed by atoms with Gasteiger partial charge in [0.05, 0.1) is 27.8 Å². The Morgan fingerprint density at radius 2 is 0.899 bits per heavy atom. The van der Waals surface area contributed by atoms with E-state index in [4.69, 9.17) is 28.4 Å². The van der Waals surface area contributed by atoms with Gasteiger partial charge in [-0.15, -0.1) is 0 Å². The largest absolute Gasteiger partial charge is 0.504 e. The van der Waals surface area contributed by atoms with Crippen molar-refractivity contribution >= 4 is 35.8 Å². The number of cyclic esters (lactones) is 2. The Hall–Kier alpha value is -11.5. The van der Waals surface area contributed by atoms with Crippen LogP contribution >= 0.6 is 0 Å². The highest BCUT2D eigenvalue weighted by molar-refractivity contribution is 6.11. The molecule has 5 atom stereocenters. The van der Waals surface area contributed by atoms with E-state index in [0.29, 0.717) is 30.3 Å². The number of carboxylic acids is 1. The second-order valence-corrected chi connectivity index (χ2v) is 17.1. The standard InChI is InChI=1S/C48H32O31/c49-13-1-8(2-14(50)26(13)54)44(69)76-19-7-74-45(70)11-6-18(75-39-12(43(67)68)5-17(53)29(57)38(39)66)30(58)33(61)21(11)20-9(3-15(51)27(55)31(20)59)46(71)77-40(19)42-41-36(64)25-24(48(73)78-41)23(34(62)37(65)35(25)63)22-10(47(72)79-42)4-16(52)28(56)32(22)60/h1-6,19,36,40-42,49-66H,7H2,(H,67,68)/t19-,36+,40-,41+,42?/m1/s1. The molecule has 0 saturated carbocycles. The maximum atomic E-state index is 15.0. The van der Waals surface area contributed by atoms with Crippen molar-refractivity contribution in [1.29, 1.82) is 0 Å². The van der Waals surface area contributed by atoms with Crippen LogP contribution in [0.2, 0.25) is 0 Å². The first kappa shape index (κ1) is 52.4. The first-order chi connectivity index (χ1) is 37.1. The summed E-state index contributed by atoms with van der Waals surface area (Å²) in [6.45, 7) is -1.66. The quantitative estimate of drug-likeness (QED) is 0.0646. The van der Waals surface area contributed by atoms with Crippen LogP contribution in [0.15, 0.2) is 36.4 Å². The molecule has 19 N–H and O–H groups in total. The molecule has 0 spiro atoms. The lowest BCUT2D eigenvalue weighted by Gasteiger charge is -2.40. The Morgan fingerprint density at radius 1 is 0.443 bits per heavy atom. The molecule has 0 saturated heterocycles. The highest BCUT2D eigenvalue weighted by Crippen LogP contribution is 2.59. The van der Waals surface area contributed by atoms with Crippen LogP contribution in [-0.2, 0) is 23.7 Å². The van der Waals surface area contributed by atoms with E-state index in [1.807, 2.05) is 0 Å². The summed E-state index contributed by atoms with van der Waals surface area (Å²) >= 11 is 0. The molecule has 31 nitrogen and oxygen atoms in total. The molecule has 1 unspecified atom stereocenters. The Labute approximate surface area is 433 Å². The van der Waals surface area contributed by atoms with Crippen molar-refractivity contribution in [3.8, 4) is 131 Å². The lowest BCUT2D eigenvalue weighted by molar-refractivity contribution is -0.154. The minimum atomic E-state index is -2.93. The lowest BCUT2D eigenvalue weighted by atomic mass is 9.82. The summed E-state index contributed by atoms with van der Waals surface area (Å²) < 4.78 is 33.2. The molecule has 6 aromatic carbocycles. The van der Waals surface area contributed by atoms with Gasteiger partial charge in [0.15, 0.2) is 99.2 Å². The first-order valence-corrected chi connectivity index (χ1v) is 21.7. The fourth-order valence-corrected chi connectivity index (χ4v) is 8.78. The van der Waals surface area contributed by atoms with Crippen molar-refractivity contribution in [2.24, 2.45) is 0 Å². The van der Waals surface area contributed by atoms with E-state index in [-0.39, 0.29) is 6.07 Å². The highest BCUT2D eigenvalue weighted by atomic mass is 16.6. The van der Waals surface area contributed by atoms with Crippen molar-refractivity contribution in [3.05, 3.63) is 75.3 Å². The number of ether oxygens (including phenoxy) is 6.